The highest BCUT2D eigenvalue weighted by Crippen LogP contribution is 2.24. The van der Waals surface area contributed by atoms with Crippen LogP contribution in [0.2, 0.25) is 5.02 Å². The van der Waals surface area contributed by atoms with Crippen LogP contribution in [0.4, 0.5) is 0 Å². The molecule has 0 aromatic carbocycles. The Labute approximate surface area is 119 Å². The summed E-state index contributed by atoms with van der Waals surface area (Å²) in [5.74, 6) is 1.02. The average molecular weight is 296 g/mol. The van der Waals surface area contributed by atoms with E-state index in [9.17, 15) is 0 Å². The van der Waals surface area contributed by atoms with Crippen molar-refractivity contribution in [2.45, 2.75) is 12.8 Å². The van der Waals surface area contributed by atoms with Crippen LogP contribution in [0.25, 0.3) is 16.9 Å². The minimum atomic E-state index is 0.294. The quantitative estimate of drug-likeness (QED) is 0.683. The van der Waals surface area contributed by atoms with E-state index in [2.05, 4.69) is 15.1 Å². The van der Waals surface area contributed by atoms with Crippen molar-refractivity contribution in [1.82, 2.24) is 24.3 Å². The molecule has 5 nitrogen and oxygen atoms in total. The fraction of sp³-hybridized carbons (Fsp3) is 0.250. The topological polar surface area (TPSA) is 48.5 Å². The lowest BCUT2D eigenvalue weighted by Crippen LogP contribution is -2.00. The largest absolute Gasteiger partial charge is 0.276 e. The first-order valence-corrected chi connectivity index (χ1v) is 6.61. The van der Waals surface area contributed by atoms with Gasteiger partial charge in [0.15, 0.2) is 5.65 Å². The molecule has 0 fully saturated rings. The molecular formula is C12H11Cl2N5. The number of alkyl halides is 1. The molecule has 0 radical (unpaired) electrons. The van der Waals surface area contributed by atoms with Crippen molar-refractivity contribution in [3.05, 3.63) is 35.0 Å². The van der Waals surface area contributed by atoms with Gasteiger partial charge >= 0.3 is 0 Å². The van der Waals surface area contributed by atoms with Gasteiger partial charge in [0.1, 0.15) is 11.3 Å². The fourth-order valence-corrected chi connectivity index (χ4v) is 2.47. The molecule has 98 valence electrons. The zero-order valence-corrected chi connectivity index (χ0v) is 11.9. The zero-order valence-electron chi connectivity index (χ0n) is 10.4. The zero-order chi connectivity index (χ0) is 13.6. The molecule has 0 amide bonds. The van der Waals surface area contributed by atoms with Crippen LogP contribution in [0.5, 0.6) is 0 Å². The molecule has 3 aromatic rings. The van der Waals surface area contributed by atoms with Crippen molar-refractivity contribution < 1.29 is 0 Å². The normalized spacial score (nSPS) is 11.4. The van der Waals surface area contributed by atoms with Gasteiger partial charge in [0, 0.05) is 19.4 Å². The first kappa shape index (κ1) is 12.4. The summed E-state index contributed by atoms with van der Waals surface area (Å²) in [6.07, 6.45) is 3.52. The minimum absolute atomic E-state index is 0.294. The smallest absolute Gasteiger partial charge is 0.164 e. The van der Waals surface area contributed by atoms with Crippen molar-refractivity contribution in [2.24, 2.45) is 7.05 Å². The van der Waals surface area contributed by atoms with E-state index < -0.39 is 0 Å². The van der Waals surface area contributed by atoms with E-state index in [1.165, 1.54) is 0 Å². The maximum Gasteiger partial charge on any atom is 0.164 e. The molecule has 0 saturated heterocycles. The standard InChI is InChI=1S/C12H11Cl2N5/c1-7-10(6-18(2)17-7)19-11(4-13)16-9-3-8(14)5-15-12(9)19/h3,5-6H,4H2,1-2H3. The number of pyridine rings is 1. The van der Waals surface area contributed by atoms with Crippen molar-refractivity contribution >= 4 is 34.4 Å². The SMILES string of the molecule is Cc1nn(C)cc1-n1c(CCl)nc2cc(Cl)cnc21. The molecule has 0 aliphatic rings. The van der Waals surface area contributed by atoms with Crippen LogP contribution in [0, 0.1) is 6.92 Å². The second kappa shape index (κ2) is 4.51. The van der Waals surface area contributed by atoms with E-state index in [1.807, 2.05) is 24.7 Å². The van der Waals surface area contributed by atoms with Gasteiger partial charge in [-0.15, -0.1) is 11.6 Å². The molecule has 0 bridgehead atoms. The van der Waals surface area contributed by atoms with Gasteiger partial charge in [-0.25, -0.2) is 9.97 Å². The summed E-state index contributed by atoms with van der Waals surface area (Å²) in [6, 6.07) is 1.78. The van der Waals surface area contributed by atoms with Crippen LogP contribution < -0.4 is 0 Å². The lowest BCUT2D eigenvalue weighted by Gasteiger charge is -2.04. The predicted molar refractivity (Wildman–Crippen MR) is 74.9 cm³/mol. The highest BCUT2D eigenvalue weighted by Gasteiger charge is 2.16. The maximum absolute atomic E-state index is 5.98. The number of fused-ring (bicyclic) bond motifs is 1. The Kier molecular flexibility index (Phi) is 2.95. The van der Waals surface area contributed by atoms with Crippen molar-refractivity contribution in [3.63, 3.8) is 0 Å². The van der Waals surface area contributed by atoms with E-state index in [-0.39, 0.29) is 0 Å². The van der Waals surface area contributed by atoms with Gasteiger partial charge in [0.05, 0.1) is 22.3 Å². The second-order valence-corrected chi connectivity index (χ2v) is 4.97. The van der Waals surface area contributed by atoms with Crippen molar-refractivity contribution in [3.8, 4) is 5.69 Å². The molecule has 0 atom stereocenters. The molecule has 3 aromatic heterocycles. The number of hydrogen-bond acceptors (Lipinski definition) is 3. The number of aryl methyl sites for hydroxylation is 2. The summed E-state index contributed by atoms with van der Waals surface area (Å²) in [5, 5.41) is 4.89. The summed E-state index contributed by atoms with van der Waals surface area (Å²) in [6.45, 7) is 1.94. The predicted octanol–water partition coefficient (Wildman–Crippen LogP) is 2.85. The van der Waals surface area contributed by atoms with Crippen molar-refractivity contribution in [2.75, 3.05) is 0 Å². The Morgan fingerprint density at radius 2 is 2.16 bits per heavy atom. The number of rotatable bonds is 2. The Morgan fingerprint density at radius 3 is 2.79 bits per heavy atom. The summed E-state index contributed by atoms with van der Waals surface area (Å²) in [5.41, 5.74) is 3.28. The number of hydrogen-bond donors (Lipinski definition) is 0. The molecular weight excluding hydrogens is 285 g/mol. The highest BCUT2D eigenvalue weighted by molar-refractivity contribution is 6.31. The monoisotopic (exact) mass is 295 g/mol. The van der Waals surface area contributed by atoms with Crippen LogP contribution in [0.15, 0.2) is 18.5 Å². The van der Waals surface area contributed by atoms with Gasteiger partial charge in [-0.05, 0) is 13.0 Å². The second-order valence-electron chi connectivity index (χ2n) is 4.27. The number of imidazole rings is 1. The van der Waals surface area contributed by atoms with Gasteiger partial charge in [0.2, 0.25) is 0 Å². The Bertz CT molecular complexity index is 759. The number of nitrogens with zero attached hydrogens (tertiary/aromatic N) is 5. The minimum Gasteiger partial charge on any atom is -0.276 e. The van der Waals surface area contributed by atoms with Gasteiger partial charge < -0.3 is 0 Å². The third-order valence-electron chi connectivity index (χ3n) is 2.88. The Morgan fingerprint density at radius 1 is 1.37 bits per heavy atom. The molecule has 0 N–H and O–H groups in total. The van der Waals surface area contributed by atoms with E-state index >= 15 is 0 Å². The molecule has 0 aliphatic heterocycles. The first-order chi connectivity index (χ1) is 9.10. The molecule has 0 saturated carbocycles. The third kappa shape index (κ3) is 1.99. The summed E-state index contributed by atoms with van der Waals surface area (Å²) in [4.78, 5) is 8.81. The van der Waals surface area contributed by atoms with Gasteiger partial charge in [-0.3, -0.25) is 9.25 Å². The van der Waals surface area contributed by atoms with E-state index in [0.29, 0.717) is 10.9 Å². The number of halogens is 2. The molecule has 0 unspecified atom stereocenters. The van der Waals surface area contributed by atoms with Crippen LogP contribution in [0.1, 0.15) is 11.5 Å². The highest BCUT2D eigenvalue weighted by atomic mass is 35.5. The van der Waals surface area contributed by atoms with Crippen LogP contribution in [-0.4, -0.2) is 24.3 Å². The van der Waals surface area contributed by atoms with Crippen LogP contribution in [-0.2, 0) is 12.9 Å². The summed E-state index contributed by atoms with van der Waals surface area (Å²) in [7, 11) is 1.88. The molecule has 3 rings (SSSR count). The Hall–Kier alpha value is -1.59. The maximum atomic E-state index is 5.98. The molecule has 0 aliphatic carbocycles. The van der Waals surface area contributed by atoms with Gasteiger partial charge in [-0.2, -0.15) is 5.10 Å². The van der Waals surface area contributed by atoms with Crippen LogP contribution in [0.3, 0.4) is 0 Å². The Balaban J connectivity index is 2.35. The van der Waals surface area contributed by atoms with Gasteiger partial charge in [0.25, 0.3) is 0 Å². The lowest BCUT2D eigenvalue weighted by atomic mass is 10.4. The molecule has 19 heavy (non-hydrogen) atoms. The van der Waals surface area contributed by atoms with Crippen molar-refractivity contribution in [1.29, 1.82) is 0 Å². The first-order valence-electron chi connectivity index (χ1n) is 5.69. The molecule has 7 heteroatoms. The molecule has 3 heterocycles. The average Bonchev–Trinajstić information content (AvgIpc) is 2.88. The third-order valence-corrected chi connectivity index (χ3v) is 3.33. The molecule has 0 spiro atoms. The summed E-state index contributed by atoms with van der Waals surface area (Å²) >= 11 is 11.9. The summed E-state index contributed by atoms with van der Waals surface area (Å²) < 4.78 is 3.67. The van der Waals surface area contributed by atoms with Gasteiger partial charge in [-0.1, -0.05) is 11.6 Å². The van der Waals surface area contributed by atoms with Crippen LogP contribution >= 0.6 is 23.2 Å². The van der Waals surface area contributed by atoms with E-state index in [1.54, 1.807) is 16.9 Å². The van der Waals surface area contributed by atoms with E-state index in [0.717, 1.165) is 28.4 Å². The lowest BCUT2D eigenvalue weighted by molar-refractivity contribution is 0.756. The van der Waals surface area contributed by atoms with E-state index in [4.69, 9.17) is 23.2 Å². The fourth-order valence-electron chi connectivity index (χ4n) is 2.14. The number of aromatic nitrogens is 5.